The molecule has 1 atom stereocenters. The van der Waals surface area contributed by atoms with E-state index in [1.807, 2.05) is 0 Å². The normalized spacial score (nSPS) is 15.6. The number of methoxy groups -OCH3 is 3. The van der Waals surface area contributed by atoms with Gasteiger partial charge >= 0.3 is 5.97 Å². The number of nitrogens with two attached hydrogens (primary N) is 1. The van der Waals surface area contributed by atoms with Gasteiger partial charge in [-0.3, -0.25) is 4.79 Å². The smallest absolute Gasteiger partial charge is 0.340 e. The van der Waals surface area contributed by atoms with Crippen LogP contribution in [0.4, 0.5) is 0 Å². The van der Waals surface area contributed by atoms with Crippen LogP contribution in [-0.4, -0.2) is 32.3 Å². The molecule has 27 heavy (non-hydrogen) atoms. The fourth-order valence-corrected chi connectivity index (χ4v) is 3.27. The third-order valence-corrected chi connectivity index (χ3v) is 4.38. The molecule has 1 aromatic heterocycles. The van der Waals surface area contributed by atoms with Gasteiger partial charge in [-0.2, -0.15) is 0 Å². The summed E-state index contributed by atoms with van der Waals surface area (Å²) in [6.45, 7) is 1.72. The molecule has 1 aliphatic rings. The van der Waals surface area contributed by atoms with E-state index in [2.05, 4.69) is 4.98 Å². The maximum absolute atomic E-state index is 12.8. The zero-order valence-electron chi connectivity index (χ0n) is 15.4. The molecule has 0 radical (unpaired) electrons. The molecule has 0 aliphatic carbocycles. The number of aromatic nitrogens is 1. The quantitative estimate of drug-likeness (QED) is 0.783. The number of benzene rings is 1. The van der Waals surface area contributed by atoms with E-state index in [9.17, 15) is 9.59 Å². The maximum Gasteiger partial charge on any atom is 0.340 e. The fraction of sp³-hybridized carbons (Fsp3) is 0.263. The number of H-pyrrole nitrogens is 1. The van der Waals surface area contributed by atoms with Crippen molar-refractivity contribution in [3.8, 4) is 17.2 Å². The van der Waals surface area contributed by atoms with Crippen LogP contribution in [0.3, 0.4) is 0 Å². The van der Waals surface area contributed by atoms with E-state index in [1.54, 1.807) is 31.2 Å². The lowest BCUT2D eigenvalue weighted by Gasteiger charge is -2.28. The predicted octanol–water partition coefficient (Wildman–Crippen LogP) is 1.57. The van der Waals surface area contributed by atoms with Crippen molar-refractivity contribution in [3.63, 3.8) is 0 Å². The Labute approximate surface area is 155 Å². The molecule has 0 saturated heterocycles. The van der Waals surface area contributed by atoms with Crippen molar-refractivity contribution in [3.05, 3.63) is 62.9 Å². The minimum atomic E-state index is -0.851. The number of pyridine rings is 1. The molecular formula is C19H20N2O6. The van der Waals surface area contributed by atoms with Crippen LogP contribution >= 0.6 is 0 Å². The molecule has 0 fully saturated rings. The summed E-state index contributed by atoms with van der Waals surface area (Å²) < 4.78 is 21.3. The molecule has 1 aliphatic heterocycles. The van der Waals surface area contributed by atoms with Crippen LogP contribution in [0.5, 0.6) is 17.2 Å². The average molecular weight is 372 g/mol. The number of aromatic amines is 1. The maximum atomic E-state index is 12.8. The van der Waals surface area contributed by atoms with Gasteiger partial charge in [-0.1, -0.05) is 12.1 Å². The Hall–Kier alpha value is -3.42. The van der Waals surface area contributed by atoms with E-state index >= 15 is 0 Å². The second-order valence-corrected chi connectivity index (χ2v) is 5.95. The Morgan fingerprint density at radius 2 is 1.96 bits per heavy atom. The summed E-state index contributed by atoms with van der Waals surface area (Å²) in [4.78, 5) is 28.0. The minimum Gasteiger partial charge on any atom is -0.493 e. The van der Waals surface area contributed by atoms with Gasteiger partial charge in [0.25, 0.3) is 5.56 Å². The number of carbonyl (C=O) groups is 1. The summed E-state index contributed by atoms with van der Waals surface area (Å²) >= 11 is 0. The van der Waals surface area contributed by atoms with Crippen molar-refractivity contribution >= 4 is 5.97 Å². The molecule has 3 rings (SSSR count). The van der Waals surface area contributed by atoms with Gasteiger partial charge in [0.2, 0.25) is 5.88 Å². The number of nitrogens with one attached hydrogen (secondary N) is 1. The van der Waals surface area contributed by atoms with Crippen molar-refractivity contribution in [2.45, 2.75) is 12.8 Å². The lowest BCUT2D eigenvalue weighted by molar-refractivity contribution is -0.136. The molecule has 8 nitrogen and oxygen atoms in total. The van der Waals surface area contributed by atoms with E-state index < -0.39 is 17.4 Å². The van der Waals surface area contributed by atoms with E-state index in [1.165, 1.54) is 21.3 Å². The van der Waals surface area contributed by atoms with Crippen LogP contribution in [0.25, 0.3) is 0 Å². The Kier molecular flexibility index (Phi) is 4.81. The van der Waals surface area contributed by atoms with Gasteiger partial charge in [0, 0.05) is 17.3 Å². The van der Waals surface area contributed by atoms with Crippen molar-refractivity contribution in [1.82, 2.24) is 4.98 Å². The number of hydrogen-bond donors (Lipinski definition) is 2. The Morgan fingerprint density at radius 3 is 2.59 bits per heavy atom. The SMILES string of the molecule is COC(=O)C1=C(N)Oc2cc(C)[nH]c(=O)c2[C@H]1c1cccc(OC)c1OC. The summed E-state index contributed by atoms with van der Waals surface area (Å²) in [7, 11) is 4.21. The van der Waals surface area contributed by atoms with Gasteiger partial charge in [-0.05, 0) is 13.0 Å². The fourth-order valence-electron chi connectivity index (χ4n) is 3.27. The molecule has 0 saturated carbocycles. The topological polar surface area (TPSA) is 113 Å². The second-order valence-electron chi connectivity index (χ2n) is 5.95. The zero-order chi connectivity index (χ0) is 19.7. The molecule has 0 amide bonds. The predicted molar refractivity (Wildman–Crippen MR) is 97.0 cm³/mol. The number of carbonyl (C=O) groups excluding carboxylic acids is 1. The summed E-state index contributed by atoms with van der Waals surface area (Å²) in [5.41, 5.74) is 7.02. The molecule has 142 valence electrons. The van der Waals surface area contributed by atoms with Crippen molar-refractivity contribution < 1.29 is 23.7 Å². The number of ether oxygens (including phenoxy) is 4. The van der Waals surface area contributed by atoms with E-state index in [4.69, 9.17) is 24.7 Å². The van der Waals surface area contributed by atoms with Crippen LogP contribution in [0.15, 0.2) is 40.5 Å². The minimum absolute atomic E-state index is 0.0194. The van der Waals surface area contributed by atoms with Crippen LogP contribution < -0.4 is 25.5 Å². The van der Waals surface area contributed by atoms with Crippen LogP contribution in [0, 0.1) is 6.92 Å². The summed E-state index contributed by atoms with van der Waals surface area (Å²) in [5, 5.41) is 0. The highest BCUT2D eigenvalue weighted by Gasteiger charge is 2.39. The molecule has 3 N–H and O–H groups in total. The first kappa shape index (κ1) is 18.4. The highest BCUT2D eigenvalue weighted by molar-refractivity contribution is 5.92. The van der Waals surface area contributed by atoms with E-state index in [0.717, 1.165) is 0 Å². The van der Waals surface area contributed by atoms with Crippen molar-refractivity contribution in [1.29, 1.82) is 0 Å². The van der Waals surface area contributed by atoms with Gasteiger partial charge in [-0.15, -0.1) is 0 Å². The number of fused-ring (bicyclic) bond motifs is 1. The number of rotatable bonds is 4. The van der Waals surface area contributed by atoms with Gasteiger partial charge in [-0.25, -0.2) is 4.79 Å². The third kappa shape index (κ3) is 2.99. The van der Waals surface area contributed by atoms with E-state index in [0.29, 0.717) is 22.8 Å². The van der Waals surface area contributed by atoms with Crippen molar-refractivity contribution in [2.24, 2.45) is 5.73 Å². The van der Waals surface area contributed by atoms with Gasteiger partial charge in [0.05, 0.1) is 32.8 Å². The van der Waals surface area contributed by atoms with Gasteiger partial charge in [0.1, 0.15) is 11.3 Å². The number of aryl methyl sites for hydroxylation is 1. The molecular weight excluding hydrogens is 352 g/mol. The standard InChI is InChI=1S/C19H20N2O6/c1-9-8-12-14(18(22)21-9)13(15(17(20)27-12)19(23)26-4)10-6-5-7-11(24-2)16(10)25-3/h5-8,13H,20H2,1-4H3,(H,21,22)/t13-/m1/s1. The molecule has 0 bridgehead atoms. The molecule has 2 aromatic rings. The monoisotopic (exact) mass is 372 g/mol. The highest BCUT2D eigenvalue weighted by atomic mass is 16.5. The number of hydrogen-bond acceptors (Lipinski definition) is 7. The highest BCUT2D eigenvalue weighted by Crippen LogP contribution is 2.46. The molecule has 0 spiro atoms. The largest absolute Gasteiger partial charge is 0.493 e. The van der Waals surface area contributed by atoms with Crippen LogP contribution in [-0.2, 0) is 9.53 Å². The summed E-state index contributed by atoms with van der Waals surface area (Å²) in [6, 6.07) is 6.83. The van der Waals surface area contributed by atoms with Crippen LogP contribution in [0.1, 0.15) is 22.7 Å². The molecule has 0 unspecified atom stereocenters. The lowest BCUT2D eigenvalue weighted by Crippen LogP contribution is -2.32. The number of para-hydroxylation sites is 1. The van der Waals surface area contributed by atoms with Crippen molar-refractivity contribution in [2.75, 3.05) is 21.3 Å². The summed E-state index contributed by atoms with van der Waals surface area (Å²) in [5.74, 6) is -0.574. The molecule has 8 heteroatoms. The molecule has 2 heterocycles. The Bertz CT molecular complexity index is 992. The van der Waals surface area contributed by atoms with Crippen LogP contribution in [0.2, 0.25) is 0 Å². The average Bonchev–Trinajstić information content (AvgIpc) is 2.65. The van der Waals surface area contributed by atoms with Gasteiger partial charge < -0.3 is 29.7 Å². The number of esters is 1. The Morgan fingerprint density at radius 1 is 1.22 bits per heavy atom. The first-order valence-corrected chi connectivity index (χ1v) is 8.13. The lowest BCUT2D eigenvalue weighted by atomic mass is 9.83. The zero-order valence-corrected chi connectivity index (χ0v) is 15.4. The Balaban J connectivity index is 2.38. The third-order valence-electron chi connectivity index (χ3n) is 4.38. The second kappa shape index (κ2) is 7.06. The van der Waals surface area contributed by atoms with Gasteiger partial charge in [0.15, 0.2) is 11.5 Å². The summed E-state index contributed by atoms with van der Waals surface area (Å²) in [6.07, 6.45) is 0. The van der Waals surface area contributed by atoms with E-state index in [-0.39, 0.29) is 22.8 Å². The first-order valence-electron chi connectivity index (χ1n) is 8.13. The first-order chi connectivity index (χ1) is 12.9. The molecule has 1 aromatic carbocycles.